The lowest BCUT2D eigenvalue weighted by Gasteiger charge is -2.22. The molecule has 11 nitrogen and oxygen atoms in total. The monoisotopic (exact) mass is 512 g/mol. The van der Waals surface area contributed by atoms with E-state index in [2.05, 4.69) is 25.3 Å². The summed E-state index contributed by atoms with van der Waals surface area (Å²) in [6.45, 7) is 7.08. The van der Waals surface area contributed by atoms with E-state index in [1.54, 1.807) is 50.1 Å². The lowest BCUT2D eigenvalue weighted by molar-refractivity contribution is 0.0947. The van der Waals surface area contributed by atoms with Crippen molar-refractivity contribution in [2.24, 2.45) is 0 Å². The number of rotatable bonds is 9. The number of benzene rings is 1. The first-order chi connectivity index (χ1) is 17.2. The van der Waals surface area contributed by atoms with E-state index in [1.807, 2.05) is 26.0 Å². The van der Waals surface area contributed by atoms with Gasteiger partial charge in [-0.05, 0) is 44.9 Å². The van der Waals surface area contributed by atoms with Gasteiger partial charge in [-0.3, -0.25) is 4.57 Å². The molecule has 190 valence electrons. The Bertz CT molecular complexity index is 1460. The van der Waals surface area contributed by atoms with Crippen molar-refractivity contribution in [1.82, 2.24) is 29.9 Å². The molecule has 0 N–H and O–H groups in total. The highest BCUT2D eigenvalue weighted by molar-refractivity contribution is 7.91. The fourth-order valence-corrected chi connectivity index (χ4v) is 5.34. The Morgan fingerprint density at radius 1 is 1.08 bits per heavy atom. The summed E-state index contributed by atoms with van der Waals surface area (Å²) in [6, 6.07) is 7.25. The number of aromatic nitrogens is 6. The van der Waals surface area contributed by atoms with Crippen LogP contribution in [0, 0.1) is 20.8 Å². The normalized spacial score (nSPS) is 13.5. The van der Waals surface area contributed by atoms with Crippen LogP contribution in [-0.4, -0.2) is 57.8 Å². The summed E-state index contributed by atoms with van der Waals surface area (Å²) in [5.74, 6) is 1.53. The summed E-state index contributed by atoms with van der Waals surface area (Å²) >= 11 is 0. The van der Waals surface area contributed by atoms with E-state index >= 15 is 0 Å². The summed E-state index contributed by atoms with van der Waals surface area (Å²) in [6.07, 6.45) is 2.39. The number of sulfone groups is 1. The van der Waals surface area contributed by atoms with Crippen LogP contribution in [0.1, 0.15) is 41.6 Å². The van der Waals surface area contributed by atoms with E-state index in [4.69, 9.17) is 14.0 Å². The molecule has 0 fully saturated rings. The summed E-state index contributed by atoms with van der Waals surface area (Å²) in [7, 11) is -0.839. The van der Waals surface area contributed by atoms with Crippen LogP contribution in [0.3, 0.4) is 0 Å². The molecule has 12 heteroatoms. The predicted octanol–water partition coefficient (Wildman–Crippen LogP) is 3.34. The number of para-hydroxylation sites is 1. The van der Waals surface area contributed by atoms with Gasteiger partial charge in [-0.25, -0.2) is 18.4 Å². The number of hydrogen-bond donors (Lipinski definition) is 0. The number of ether oxygens (including phenoxy) is 2. The third-order valence-electron chi connectivity index (χ3n) is 5.86. The van der Waals surface area contributed by atoms with Crippen LogP contribution in [0.4, 0.5) is 0 Å². The molecule has 4 aromatic rings. The Labute approximate surface area is 209 Å². The molecule has 0 bridgehead atoms. The van der Waals surface area contributed by atoms with Gasteiger partial charge in [0.25, 0.3) is 0 Å². The van der Waals surface area contributed by atoms with E-state index in [9.17, 15) is 8.42 Å². The van der Waals surface area contributed by atoms with Gasteiger partial charge in [0.15, 0.2) is 33.0 Å². The highest BCUT2D eigenvalue weighted by Crippen LogP contribution is 2.33. The Kier molecular flexibility index (Phi) is 7.18. The van der Waals surface area contributed by atoms with Gasteiger partial charge in [0.2, 0.25) is 0 Å². The van der Waals surface area contributed by atoms with Gasteiger partial charge < -0.3 is 14.0 Å². The molecular weight excluding hydrogens is 484 g/mol. The predicted molar refractivity (Wildman–Crippen MR) is 131 cm³/mol. The number of aryl methyl sites for hydroxylation is 3. The van der Waals surface area contributed by atoms with Gasteiger partial charge in [0.1, 0.15) is 23.4 Å². The van der Waals surface area contributed by atoms with Crippen LogP contribution in [0.5, 0.6) is 5.75 Å². The molecule has 0 aliphatic heterocycles. The van der Waals surface area contributed by atoms with Gasteiger partial charge in [-0.2, -0.15) is 0 Å². The van der Waals surface area contributed by atoms with Crippen LogP contribution < -0.4 is 4.74 Å². The minimum absolute atomic E-state index is 0.199. The van der Waals surface area contributed by atoms with Crippen LogP contribution in [0.15, 0.2) is 41.2 Å². The van der Waals surface area contributed by atoms with Crippen molar-refractivity contribution in [2.45, 2.75) is 44.8 Å². The second-order valence-electron chi connectivity index (χ2n) is 8.51. The second kappa shape index (κ2) is 10.2. The Morgan fingerprint density at radius 2 is 1.81 bits per heavy atom. The lowest BCUT2D eigenvalue weighted by atomic mass is 10.1. The van der Waals surface area contributed by atoms with Gasteiger partial charge in [0, 0.05) is 25.6 Å². The molecule has 0 aliphatic carbocycles. The van der Waals surface area contributed by atoms with Crippen molar-refractivity contribution in [3.05, 3.63) is 65.2 Å². The van der Waals surface area contributed by atoms with Crippen molar-refractivity contribution in [3.8, 4) is 23.0 Å². The van der Waals surface area contributed by atoms with Crippen molar-refractivity contribution < 1.29 is 22.4 Å². The maximum atomic E-state index is 13.6. The summed E-state index contributed by atoms with van der Waals surface area (Å²) in [4.78, 5) is 8.54. The zero-order chi connectivity index (χ0) is 26.0. The molecule has 4 rings (SSSR count). The molecular formula is C24H28N6O5S. The topological polar surface area (TPSA) is 135 Å². The fraction of sp³-hybridized carbons (Fsp3) is 0.375. The van der Waals surface area contributed by atoms with E-state index in [-0.39, 0.29) is 5.82 Å². The first-order valence-electron chi connectivity index (χ1n) is 11.2. The highest BCUT2D eigenvalue weighted by atomic mass is 32.2. The third-order valence-corrected chi connectivity index (χ3v) is 7.90. The van der Waals surface area contributed by atoms with Gasteiger partial charge in [0.05, 0.1) is 18.0 Å². The molecule has 0 unspecified atom stereocenters. The molecule has 3 heterocycles. The lowest BCUT2D eigenvalue weighted by Crippen LogP contribution is -2.30. The number of methoxy groups -OCH3 is 2. The minimum atomic E-state index is -3.82. The number of hydrogen-bond acceptors (Lipinski definition) is 10. The molecule has 0 aliphatic rings. The summed E-state index contributed by atoms with van der Waals surface area (Å²) in [5.41, 5.74) is 2.73. The zero-order valence-corrected chi connectivity index (χ0v) is 21.8. The van der Waals surface area contributed by atoms with Gasteiger partial charge in [-0.1, -0.05) is 17.3 Å². The molecule has 1 aromatic carbocycles. The summed E-state index contributed by atoms with van der Waals surface area (Å²) in [5, 5.41) is 11.6. The SMILES string of the molecule is COc1cccc(C)c1-n1c(CS(=O)(=O)[C@@H](C)[C@H](OC)c2ncc(C)cn2)nnc1-c1cc(C)on1. The average molecular weight is 513 g/mol. The second-order valence-corrected chi connectivity index (χ2v) is 10.9. The maximum absolute atomic E-state index is 13.6. The fourth-order valence-electron chi connectivity index (χ4n) is 3.92. The average Bonchev–Trinajstić information content (AvgIpc) is 3.46. The van der Waals surface area contributed by atoms with E-state index in [0.29, 0.717) is 34.5 Å². The minimum Gasteiger partial charge on any atom is -0.495 e. The molecule has 0 saturated carbocycles. The standard InChI is InChI=1S/C24H28N6O5S/c1-14-11-25-23(26-12-14)22(34-6)17(4)36(31,32)13-20-27-28-24(18-10-16(3)35-29-18)30(20)21-15(2)8-7-9-19(21)33-5/h7-12,17,22H,13H2,1-6H3/t17-,22-/m0/s1. The molecule has 36 heavy (non-hydrogen) atoms. The van der Waals surface area contributed by atoms with Gasteiger partial charge in [-0.15, -0.1) is 10.2 Å². The Morgan fingerprint density at radius 3 is 2.42 bits per heavy atom. The van der Waals surface area contributed by atoms with E-state index in [0.717, 1.165) is 11.1 Å². The third kappa shape index (κ3) is 4.86. The van der Waals surface area contributed by atoms with Crippen molar-refractivity contribution in [3.63, 3.8) is 0 Å². The van der Waals surface area contributed by atoms with Gasteiger partial charge >= 0.3 is 0 Å². The molecule has 0 spiro atoms. The quantitative estimate of drug-likeness (QED) is 0.328. The van der Waals surface area contributed by atoms with Crippen molar-refractivity contribution in [2.75, 3.05) is 14.2 Å². The number of nitrogens with zero attached hydrogens (tertiary/aromatic N) is 6. The van der Waals surface area contributed by atoms with Crippen LogP contribution >= 0.6 is 0 Å². The molecule has 0 amide bonds. The van der Waals surface area contributed by atoms with Crippen molar-refractivity contribution in [1.29, 1.82) is 0 Å². The zero-order valence-electron chi connectivity index (χ0n) is 21.0. The smallest absolute Gasteiger partial charge is 0.190 e. The van der Waals surface area contributed by atoms with Crippen molar-refractivity contribution >= 4 is 9.84 Å². The van der Waals surface area contributed by atoms with Crippen LogP contribution in [0.25, 0.3) is 17.2 Å². The first-order valence-corrected chi connectivity index (χ1v) is 12.9. The molecule has 0 radical (unpaired) electrons. The first kappa shape index (κ1) is 25.5. The maximum Gasteiger partial charge on any atom is 0.190 e. The van der Waals surface area contributed by atoms with E-state index in [1.165, 1.54) is 7.11 Å². The largest absolute Gasteiger partial charge is 0.495 e. The highest BCUT2D eigenvalue weighted by Gasteiger charge is 2.35. The Balaban J connectivity index is 1.80. The van der Waals surface area contributed by atoms with Crippen LogP contribution in [0.2, 0.25) is 0 Å². The Hall–Kier alpha value is -3.64. The molecule has 3 aromatic heterocycles. The summed E-state index contributed by atoms with van der Waals surface area (Å²) < 4.78 is 45.3. The van der Waals surface area contributed by atoms with E-state index < -0.39 is 26.9 Å². The van der Waals surface area contributed by atoms with Crippen LogP contribution in [-0.2, 0) is 20.3 Å². The molecule has 0 saturated heterocycles. The molecule has 2 atom stereocenters.